The summed E-state index contributed by atoms with van der Waals surface area (Å²) in [4.78, 5) is 24.5. The van der Waals surface area contributed by atoms with Crippen LogP contribution in [-0.2, 0) is 0 Å². The van der Waals surface area contributed by atoms with Gasteiger partial charge in [-0.1, -0.05) is 102 Å². The smallest absolute Gasteiger partial charge is 0.265 e. The van der Waals surface area contributed by atoms with E-state index < -0.39 is 0 Å². The number of piperazine rings is 1. The normalized spacial score (nSPS) is 14.6. The number of carbonyl (C=O) groups excluding carboxylic acids is 1. The van der Waals surface area contributed by atoms with Crippen molar-refractivity contribution in [3.63, 3.8) is 0 Å². The van der Waals surface area contributed by atoms with E-state index in [9.17, 15) is 4.79 Å². The summed E-state index contributed by atoms with van der Waals surface area (Å²) in [6, 6.07) is 31.7. The maximum atomic E-state index is 13.5. The number of imidazole rings is 1. The third-order valence-corrected chi connectivity index (χ3v) is 8.16. The molecule has 0 bridgehead atoms. The molecule has 1 aliphatic heterocycles. The van der Waals surface area contributed by atoms with Crippen LogP contribution in [0.1, 0.15) is 32.5 Å². The second-order valence-corrected chi connectivity index (χ2v) is 10.2. The number of aryl methyl sites for hydroxylation is 1. The number of thiazole rings is 1. The van der Waals surface area contributed by atoms with Gasteiger partial charge in [-0.2, -0.15) is 0 Å². The van der Waals surface area contributed by atoms with Crippen molar-refractivity contribution in [1.82, 2.24) is 19.2 Å². The van der Waals surface area contributed by atoms with E-state index in [2.05, 4.69) is 82.1 Å². The number of aromatic nitrogens is 2. The Labute approximate surface area is 215 Å². The molecule has 0 spiro atoms. The summed E-state index contributed by atoms with van der Waals surface area (Å²) >= 11 is 1.49. The molecule has 5 nitrogen and oxygen atoms in total. The predicted octanol–water partition coefficient (Wildman–Crippen LogP) is 5.92. The maximum Gasteiger partial charge on any atom is 0.265 e. The van der Waals surface area contributed by atoms with Gasteiger partial charge in [-0.25, -0.2) is 4.98 Å². The molecule has 5 aromatic rings. The van der Waals surface area contributed by atoms with Crippen molar-refractivity contribution in [3.8, 4) is 11.3 Å². The van der Waals surface area contributed by atoms with E-state index in [1.54, 1.807) is 0 Å². The molecule has 6 heteroatoms. The number of benzene rings is 3. The predicted molar refractivity (Wildman–Crippen MR) is 145 cm³/mol. The van der Waals surface area contributed by atoms with Gasteiger partial charge in [0.15, 0.2) is 4.96 Å². The van der Waals surface area contributed by atoms with Gasteiger partial charge in [0.05, 0.1) is 11.7 Å². The van der Waals surface area contributed by atoms with Crippen LogP contribution in [-0.4, -0.2) is 51.3 Å². The lowest BCUT2D eigenvalue weighted by Gasteiger charge is -2.39. The summed E-state index contributed by atoms with van der Waals surface area (Å²) in [7, 11) is 0. The van der Waals surface area contributed by atoms with Crippen molar-refractivity contribution in [2.45, 2.75) is 13.0 Å². The molecule has 2 aromatic heterocycles. The van der Waals surface area contributed by atoms with Crippen LogP contribution in [0, 0.1) is 6.92 Å². The quantitative estimate of drug-likeness (QED) is 0.306. The number of amides is 1. The fourth-order valence-corrected chi connectivity index (χ4v) is 6.19. The van der Waals surface area contributed by atoms with Crippen molar-refractivity contribution < 1.29 is 4.79 Å². The Balaban J connectivity index is 1.20. The molecule has 6 rings (SSSR count). The fraction of sp³-hybridized carbons (Fsp3) is 0.200. The van der Waals surface area contributed by atoms with E-state index in [4.69, 9.17) is 4.98 Å². The van der Waals surface area contributed by atoms with Gasteiger partial charge in [-0.15, -0.1) is 0 Å². The van der Waals surface area contributed by atoms with E-state index in [0.29, 0.717) is 13.1 Å². The van der Waals surface area contributed by atoms with Gasteiger partial charge >= 0.3 is 0 Å². The summed E-state index contributed by atoms with van der Waals surface area (Å²) in [5, 5.41) is 0. The number of rotatable bonds is 5. The fourth-order valence-electron chi connectivity index (χ4n) is 5.11. The minimum Gasteiger partial charge on any atom is -0.335 e. The van der Waals surface area contributed by atoms with Crippen LogP contribution in [0.2, 0.25) is 0 Å². The van der Waals surface area contributed by atoms with Gasteiger partial charge in [0.2, 0.25) is 0 Å². The van der Waals surface area contributed by atoms with E-state index in [-0.39, 0.29) is 11.9 Å². The highest BCUT2D eigenvalue weighted by Gasteiger charge is 2.30. The molecule has 1 amide bonds. The zero-order chi connectivity index (χ0) is 24.5. The lowest BCUT2D eigenvalue weighted by Crippen LogP contribution is -2.49. The first-order chi connectivity index (χ1) is 17.7. The molecule has 0 atom stereocenters. The number of nitrogens with zero attached hydrogens (tertiary/aromatic N) is 4. The zero-order valence-electron chi connectivity index (χ0n) is 20.2. The molecule has 0 radical (unpaired) electrons. The molecular weight excluding hydrogens is 464 g/mol. The Hall–Kier alpha value is -3.74. The Morgan fingerprint density at radius 1 is 0.806 bits per heavy atom. The van der Waals surface area contributed by atoms with Crippen molar-refractivity contribution in [2.24, 2.45) is 0 Å². The first-order valence-electron chi connectivity index (χ1n) is 12.4. The van der Waals surface area contributed by atoms with Crippen LogP contribution in [0.3, 0.4) is 0 Å². The van der Waals surface area contributed by atoms with Crippen LogP contribution in [0.25, 0.3) is 16.2 Å². The van der Waals surface area contributed by atoms with Crippen LogP contribution in [0.5, 0.6) is 0 Å². The van der Waals surface area contributed by atoms with Crippen molar-refractivity contribution >= 4 is 22.2 Å². The number of hydrogen-bond donors (Lipinski definition) is 0. The SMILES string of the molecule is Cc1c(C(=O)N2CCN(C(c3ccccc3)c3ccccc3)CC2)sc2nc(-c3ccccc3)cn12. The van der Waals surface area contributed by atoms with Gasteiger partial charge in [0, 0.05) is 43.6 Å². The largest absolute Gasteiger partial charge is 0.335 e. The Bertz CT molecular complexity index is 1430. The van der Waals surface area contributed by atoms with Gasteiger partial charge in [-0.3, -0.25) is 14.1 Å². The Morgan fingerprint density at radius 2 is 1.36 bits per heavy atom. The molecule has 1 aliphatic rings. The first-order valence-corrected chi connectivity index (χ1v) is 13.2. The third-order valence-electron chi connectivity index (χ3n) is 7.02. The molecule has 1 fully saturated rings. The molecular formula is C30H28N4OS. The monoisotopic (exact) mass is 492 g/mol. The minimum absolute atomic E-state index is 0.111. The van der Waals surface area contributed by atoms with Crippen LogP contribution in [0.15, 0.2) is 97.2 Å². The van der Waals surface area contributed by atoms with E-state index >= 15 is 0 Å². The molecule has 1 saturated heterocycles. The summed E-state index contributed by atoms with van der Waals surface area (Å²) in [6.45, 7) is 5.11. The summed E-state index contributed by atoms with van der Waals surface area (Å²) < 4.78 is 2.05. The summed E-state index contributed by atoms with van der Waals surface area (Å²) in [5.41, 5.74) is 5.55. The average molecular weight is 493 g/mol. The summed E-state index contributed by atoms with van der Waals surface area (Å²) in [6.07, 6.45) is 2.04. The second kappa shape index (κ2) is 9.72. The highest BCUT2D eigenvalue weighted by atomic mass is 32.1. The maximum absolute atomic E-state index is 13.5. The van der Waals surface area contributed by atoms with E-state index in [1.165, 1.54) is 22.5 Å². The van der Waals surface area contributed by atoms with Crippen LogP contribution < -0.4 is 0 Å². The molecule has 3 aromatic carbocycles. The molecule has 0 unspecified atom stereocenters. The lowest BCUT2D eigenvalue weighted by atomic mass is 9.96. The second-order valence-electron chi connectivity index (χ2n) is 9.21. The molecule has 180 valence electrons. The van der Waals surface area contributed by atoms with Gasteiger partial charge < -0.3 is 4.90 Å². The van der Waals surface area contributed by atoms with E-state index in [1.807, 2.05) is 36.2 Å². The topological polar surface area (TPSA) is 40.9 Å². The molecule has 3 heterocycles. The molecule has 0 aliphatic carbocycles. The molecule has 0 N–H and O–H groups in total. The standard InChI is InChI=1S/C30H28N4OS/c1-22-28(36-30-31-26(21-34(22)30)23-11-5-2-6-12-23)29(35)33-19-17-32(18-20-33)27(24-13-7-3-8-14-24)25-15-9-4-10-16-25/h2-16,21,27H,17-20H2,1H3. The Kier molecular flexibility index (Phi) is 6.13. The van der Waals surface area contributed by atoms with Crippen molar-refractivity contribution in [1.29, 1.82) is 0 Å². The van der Waals surface area contributed by atoms with Gasteiger partial charge in [0.1, 0.15) is 4.88 Å². The number of carbonyl (C=O) groups is 1. The van der Waals surface area contributed by atoms with Gasteiger partial charge in [0.25, 0.3) is 5.91 Å². The van der Waals surface area contributed by atoms with Crippen LogP contribution >= 0.6 is 11.3 Å². The van der Waals surface area contributed by atoms with E-state index in [0.717, 1.165) is 39.9 Å². The average Bonchev–Trinajstić information content (AvgIpc) is 3.50. The Morgan fingerprint density at radius 3 is 1.92 bits per heavy atom. The lowest BCUT2D eigenvalue weighted by molar-refractivity contribution is 0.0601. The highest BCUT2D eigenvalue weighted by Crippen LogP contribution is 2.31. The van der Waals surface area contributed by atoms with Gasteiger partial charge in [-0.05, 0) is 18.1 Å². The highest BCUT2D eigenvalue weighted by molar-refractivity contribution is 7.19. The minimum atomic E-state index is 0.111. The van der Waals surface area contributed by atoms with Crippen molar-refractivity contribution in [3.05, 3.63) is 119 Å². The number of hydrogen-bond acceptors (Lipinski definition) is 4. The summed E-state index contributed by atoms with van der Waals surface area (Å²) in [5.74, 6) is 0.111. The number of fused-ring (bicyclic) bond motifs is 1. The van der Waals surface area contributed by atoms with Crippen molar-refractivity contribution in [2.75, 3.05) is 26.2 Å². The van der Waals surface area contributed by atoms with Crippen LogP contribution in [0.4, 0.5) is 0 Å². The molecule has 0 saturated carbocycles. The third kappa shape index (κ3) is 4.23. The molecule has 36 heavy (non-hydrogen) atoms. The zero-order valence-corrected chi connectivity index (χ0v) is 21.1. The first kappa shape index (κ1) is 22.7.